The zero-order valence-electron chi connectivity index (χ0n) is 10.5. The molecule has 0 saturated heterocycles. The van der Waals surface area contributed by atoms with Gasteiger partial charge in [-0.1, -0.05) is 31.2 Å². The average Bonchev–Trinajstić information content (AvgIpc) is 2.89. The molecule has 2 heteroatoms. The number of hydrogen-bond donors (Lipinski definition) is 2. The number of nitrogens with one attached hydrogen (secondary N) is 2. The van der Waals surface area contributed by atoms with Gasteiger partial charge in [0.15, 0.2) is 0 Å². The van der Waals surface area contributed by atoms with Crippen molar-refractivity contribution in [3.63, 3.8) is 0 Å². The van der Waals surface area contributed by atoms with Gasteiger partial charge in [-0.25, -0.2) is 0 Å². The lowest BCUT2D eigenvalue weighted by Crippen LogP contribution is -2.19. The molecule has 0 aliphatic heterocycles. The molecule has 2 N–H and O–H groups in total. The maximum atomic E-state index is 3.54. The number of hydrogen-bond acceptors (Lipinski definition) is 1. The highest BCUT2D eigenvalue weighted by atomic mass is 14.9. The van der Waals surface area contributed by atoms with Crippen molar-refractivity contribution in [2.45, 2.75) is 26.3 Å². The molecule has 1 aromatic carbocycles. The maximum Gasteiger partial charge on any atom is 0.0457 e. The Balaban J connectivity index is 2.28. The molecule has 0 saturated carbocycles. The normalized spacial score (nSPS) is 12.6. The van der Waals surface area contributed by atoms with E-state index in [0.29, 0.717) is 6.04 Å². The maximum absolute atomic E-state index is 3.54. The predicted molar refractivity (Wildman–Crippen MR) is 72.9 cm³/mol. The smallest absolute Gasteiger partial charge is 0.0457 e. The minimum absolute atomic E-state index is 0.384. The van der Waals surface area contributed by atoms with Crippen LogP contribution in [0, 0.1) is 0 Å². The molecule has 2 rings (SSSR count). The third kappa shape index (κ3) is 2.77. The van der Waals surface area contributed by atoms with E-state index in [1.807, 2.05) is 12.3 Å². The van der Waals surface area contributed by atoms with Gasteiger partial charge in [0.05, 0.1) is 0 Å². The molecule has 0 aliphatic carbocycles. The number of aromatic nitrogens is 1. The largest absolute Gasteiger partial charge is 0.361 e. The van der Waals surface area contributed by atoms with Crippen molar-refractivity contribution in [1.29, 1.82) is 0 Å². The summed E-state index contributed by atoms with van der Waals surface area (Å²) in [5.74, 6) is 0. The Hall–Kier alpha value is -1.54. The van der Waals surface area contributed by atoms with Crippen LogP contribution in [-0.4, -0.2) is 11.5 Å². The van der Waals surface area contributed by atoms with Crippen LogP contribution in [0.1, 0.15) is 31.9 Å². The highest BCUT2D eigenvalue weighted by Gasteiger charge is 2.10. The van der Waals surface area contributed by atoms with Gasteiger partial charge in [-0.2, -0.15) is 0 Å². The second kappa shape index (κ2) is 5.69. The standard InChI is InChI=1S/C15H20N2/c1-3-10-16-12(2)13-7-4-5-8-14(13)15-9-6-11-17-15/h4-9,11-12,16-17H,3,10H2,1-2H3. The summed E-state index contributed by atoms with van der Waals surface area (Å²) < 4.78 is 0. The second-order valence-electron chi connectivity index (χ2n) is 4.35. The topological polar surface area (TPSA) is 27.8 Å². The number of benzene rings is 1. The molecule has 1 atom stereocenters. The minimum atomic E-state index is 0.384. The zero-order chi connectivity index (χ0) is 12.1. The van der Waals surface area contributed by atoms with Crippen LogP contribution in [-0.2, 0) is 0 Å². The first-order chi connectivity index (χ1) is 8.33. The van der Waals surface area contributed by atoms with Gasteiger partial charge in [0.1, 0.15) is 0 Å². The molecule has 90 valence electrons. The van der Waals surface area contributed by atoms with Crippen molar-refractivity contribution in [3.05, 3.63) is 48.2 Å². The van der Waals surface area contributed by atoms with E-state index >= 15 is 0 Å². The first-order valence-electron chi connectivity index (χ1n) is 6.29. The summed E-state index contributed by atoms with van der Waals surface area (Å²) in [6.07, 6.45) is 3.13. The Morgan fingerprint density at radius 3 is 2.71 bits per heavy atom. The SMILES string of the molecule is CCCNC(C)c1ccccc1-c1ccc[nH]1. The van der Waals surface area contributed by atoms with E-state index in [9.17, 15) is 0 Å². The lowest BCUT2D eigenvalue weighted by Gasteiger charge is -2.17. The Morgan fingerprint density at radius 2 is 2.00 bits per heavy atom. The summed E-state index contributed by atoms with van der Waals surface area (Å²) in [6.45, 7) is 5.47. The van der Waals surface area contributed by atoms with Crippen LogP contribution in [0.3, 0.4) is 0 Å². The molecule has 17 heavy (non-hydrogen) atoms. The van der Waals surface area contributed by atoms with Crippen molar-refractivity contribution in [1.82, 2.24) is 10.3 Å². The Morgan fingerprint density at radius 1 is 1.18 bits per heavy atom. The van der Waals surface area contributed by atoms with E-state index in [-0.39, 0.29) is 0 Å². The fraction of sp³-hybridized carbons (Fsp3) is 0.333. The van der Waals surface area contributed by atoms with Crippen LogP contribution in [0.25, 0.3) is 11.3 Å². The van der Waals surface area contributed by atoms with E-state index in [4.69, 9.17) is 0 Å². The van der Waals surface area contributed by atoms with Crippen LogP contribution >= 0.6 is 0 Å². The lowest BCUT2D eigenvalue weighted by atomic mass is 9.99. The third-order valence-electron chi connectivity index (χ3n) is 3.02. The van der Waals surface area contributed by atoms with Crippen LogP contribution in [0.2, 0.25) is 0 Å². The third-order valence-corrected chi connectivity index (χ3v) is 3.02. The molecule has 0 fully saturated rings. The Bertz CT molecular complexity index is 446. The minimum Gasteiger partial charge on any atom is -0.361 e. The van der Waals surface area contributed by atoms with Crippen molar-refractivity contribution in [2.75, 3.05) is 6.54 Å². The summed E-state index contributed by atoms with van der Waals surface area (Å²) in [6, 6.07) is 13.1. The first kappa shape index (κ1) is 11.9. The molecule has 1 unspecified atom stereocenters. The molecular weight excluding hydrogens is 208 g/mol. The number of aromatic amines is 1. The van der Waals surface area contributed by atoms with E-state index in [1.165, 1.54) is 16.8 Å². The highest BCUT2D eigenvalue weighted by molar-refractivity contribution is 5.64. The first-order valence-corrected chi connectivity index (χ1v) is 6.29. The average molecular weight is 228 g/mol. The Labute approximate surface area is 103 Å². The van der Waals surface area contributed by atoms with Gasteiger partial charge >= 0.3 is 0 Å². The van der Waals surface area contributed by atoms with Crippen molar-refractivity contribution < 1.29 is 0 Å². The van der Waals surface area contributed by atoms with Gasteiger partial charge < -0.3 is 10.3 Å². The molecule has 1 aromatic heterocycles. The summed E-state index contributed by atoms with van der Waals surface area (Å²) >= 11 is 0. The second-order valence-corrected chi connectivity index (χ2v) is 4.35. The van der Waals surface area contributed by atoms with Crippen molar-refractivity contribution in [2.24, 2.45) is 0 Å². The summed E-state index contributed by atoms with van der Waals surface area (Å²) in [4.78, 5) is 3.28. The van der Waals surface area contributed by atoms with Crippen molar-refractivity contribution in [3.8, 4) is 11.3 Å². The summed E-state index contributed by atoms with van der Waals surface area (Å²) in [5, 5.41) is 3.54. The van der Waals surface area contributed by atoms with Gasteiger partial charge in [0, 0.05) is 23.5 Å². The lowest BCUT2D eigenvalue weighted by molar-refractivity contribution is 0.571. The van der Waals surface area contributed by atoms with Crippen molar-refractivity contribution >= 4 is 0 Å². The van der Waals surface area contributed by atoms with Crippen LogP contribution in [0.4, 0.5) is 0 Å². The molecule has 2 aromatic rings. The predicted octanol–water partition coefficient (Wildman–Crippen LogP) is 3.74. The zero-order valence-corrected chi connectivity index (χ0v) is 10.5. The monoisotopic (exact) mass is 228 g/mol. The molecule has 0 aliphatic rings. The summed E-state index contributed by atoms with van der Waals surface area (Å²) in [7, 11) is 0. The molecular formula is C15H20N2. The van der Waals surface area contributed by atoms with Crippen LogP contribution < -0.4 is 5.32 Å². The van der Waals surface area contributed by atoms with Gasteiger partial charge in [0.2, 0.25) is 0 Å². The number of rotatable bonds is 5. The fourth-order valence-corrected chi connectivity index (χ4v) is 2.09. The van der Waals surface area contributed by atoms with Gasteiger partial charge in [-0.3, -0.25) is 0 Å². The van der Waals surface area contributed by atoms with E-state index in [2.05, 4.69) is 54.5 Å². The quantitative estimate of drug-likeness (QED) is 0.801. The van der Waals surface area contributed by atoms with Gasteiger partial charge in [0.25, 0.3) is 0 Å². The summed E-state index contributed by atoms with van der Waals surface area (Å²) in [5.41, 5.74) is 3.82. The van der Waals surface area contributed by atoms with Gasteiger partial charge in [-0.15, -0.1) is 0 Å². The molecule has 2 nitrogen and oxygen atoms in total. The highest BCUT2D eigenvalue weighted by Crippen LogP contribution is 2.26. The molecule has 0 spiro atoms. The van der Waals surface area contributed by atoms with E-state index < -0.39 is 0 Å². The fourth-order valence-electron chi connectivity index (χ4n) is 2.09. The molecule has 0 bridgehead atoms. The van der Waals surface area contributed by atoms with Gasteiger partial charge in [-0.05, 0) is 37.6 Å². The van der Waals surface area contributed by atoms with Crippen LogP contribution in [0.5, 0.6) is 0 Å². The molecule has 0 amide bonds. The molecule has 0 radical (unpaired) electrons. The van der Waals surface area contributed by atoms with Crippen LogP contribution in [0.15, 0.2) is 42.6 Å². The van der Waals surface area contributed by atoms with E-state index in [0.717, 1.165) is 13.0 Å². The van der Waals surface area contributed by atoms with E-state index in [1.54, 1.807) is 0 Å². The molecule has 1 heterocycles. The Kier molecular flexibility index (Phi) is 3.99. The number of H-pyrrole nitrogens is 1.